The van der Waals surface area contributed by atoms with Gasteiger partial charge in [-0.1, -0.05) is 37.3 Å². The summed E-state index contributed by atoms with van der Waals surface area (Å²) in [5.41, 5.74) is 0.930. The van der Waals surface area contributed by atoms with Gasteiger partial charge in [-0.2, -0.15) is 17.0 Å². The number of hydrogen-bond acceptors (Lipinski definition) is 3. The summed E-state index contributed by atoms with van der Waals surface area (Å²) in [7, 11) is -3.51. The number of benzene rings is 1. The summed E-state index contributed by atoms with van der Waals surface area (Å²) in [5.74, 6) is 0.390. The molecule has 0 amide bonds. The van der Waals surface area contributed by atoms with E-state index in [9.17, 15) is 13.5 Å². The Hall–Kier alpha value is -0.950. The second kappa shape index (κ2) is 7.35. The van der Waals surface area contributed by atoms with Gasteiger partial charge in [-0.25, -0.2) is 0 Å². The standard InChI is InChI=1S/C15H24N2O3S/c1-14-6-5-9-16(12-14)21(19,20)17(10-11-18)13-15-7-3-2-4-8-15/h2-4,7-8,14,18H,5-6,9-13H2,1H3. The second-order valence-corrected chi connectivity index (χ2v) is 7.58. The third-order valence-corrected chi connectivity index (χ3v) is 5.77. The molecule has 0 bridgehead atoms. The normalized spacial score (nSPS) is 20.8. The van der Waals surface area contributed by atoms with Crippen molar-refractivity contribution in [3.8, 4) is 0 Å². The summed E-state index contributed by atoms with van der Waals surface area (Å²) in [6.45, 7) is 3.48. The average molecular weight is 312 g/mol. The van der Waals surface area contributed by atoms with Crippen LogP contribution >= 0.6 is 0 Å². The maximum absolute atomic E-state index is 12.8. The summed E-state index contributed by atoms with van der Waals surface area (Å²) >= 11 is 0. The fourth-order valence-electron chi connectivity index (χ4n) is 2.69. The molecule has 1 heterocycles. The molecule has 0 aliphatic carbocycles. The highest BCUT2D eigenvalue weighted by atomic mass is 32.2. The molecule has 0 spiro atoms. The fraction of sp³-hybridized carbons (Fsp3) is 0.600. The van der Waals surface area contributed by atoms with Crippen LogP contribution in [0.5, 0.6) is 0 Å². The Labute approximate surface area is 127 Å². The minimum Gasteiger partial charge on any atom is -0.395 e. The van der Waals surface area contributed by atoms with Crippen LogP contribution in [0.4, 0.5) is 0 Å². The quantitative estimate of drug-likeness (QED) is 0.865. The zero-order valence-electron chi connectivity index (χ0n) is 12.5. The van der Waals surface area contributed by atoms with E-state index < -0.39 is 10.2 Å². The fourth-order valence-corrected chi connectivity index (χ4v) is 4.45. The molecule has 0 saturated carbocycles. The highest BCUT2D eigenvalue weighted by Crippen LogP contribution is 2.21. The van der Waals surface area contributed by atoms with Crippen molar-refractivity contribution in [1.82, 2.24) is 8.61 Å². The molecular weight excluding hydrogens is 288 g/mol. The molecule has 1 fully saturated rings. The molecule has 0 aromatic heterocycles. The van der Waals surface area contributed by atoms with Crippen LogP contribution in [0, 0.1) is 5.92 Å². The van der Waals surface area contributed by atoms with Crippen molar-refractivity contribution >= 4 is 10.2 Å². The van der Waals surface area contributed by atoms with Crippen molar-refractivity contribution in [2.75, 3.05) is 26.2 Å². The van der Waals surface area contributed by atoms with Crippen molar-refractivity contribution in [2.24, 2.45) is 5.92 Å². The van der Waals surface area contributed by atoms with Crippen LogP contribution in [0.15, 0.2) is 30.3 Å². The van der Waals surface area contributed by atoms with Crippen LogP contribution in [0.25, 0.3) is 0 Å². The summed E-state index contributed by atoms with van der Waals surface area (Å²) in [6, 6.07) is 9.49. The Balaban J connectivity index is 2.15. The lowest BCUT2D eigenvalue weighted by molar-refractivity contribution is 0.224. The monoisotopic (exact) mass is 312 g/mol. The maximum atomic E-state index is 12.8. The van der Waals surface area contributed by atoms with Gasteiger partial charge in [-0.15, -0.1) is 0 Å². The molecule has 1 aromatic carbocycles. The molecule has 21 heavy (non-hydrogen) atoms. The lowest BCUT2D eigenvalue weighted by Crippen LogP contribution is -2.48. The first-order chi connectivity index (χ1) is 10.0. The molecule has 1 unspecified atom stereocenters. The minimum atomic E-state index is -3.51. The Kier molecular flexibility index (Phi) is 5.75. The third kappa shape index (κ3) is 4.26. The zero-order valence-corrected chi connectivity index (χ0v) is 13.3. The van der Waals surface area contributed by atoms with Crippen molar-refractivity contribution in [3.05, 3.63) is 35.9 Å². The summed E-state index contributed by atoms with van der Waals surface area (Å²) in [5, 5.41) is 9.20. The molecule has 1 N–H and O–H groups in total. The van der Waals surface area contributed by atoms with Gasteiger partial charge in [-0.3, -0.25) is 0 Å². The number of aliphatic hydroxyl groups is 1. The van der Waals surface area contributed by atoms with E-state index in [1.54, 1.807) is 4.31 Å². The molecule has 118 valence electrons. The van der Waals surface area contributed by atoms with E-state index in [4.69, 9.17) is 0 Å². The van der Waals surface area contributed by atoms with Crippen molar-refractivity contribution in [2.45, 2.75) is 26.3 Å². The third-order valence-electron chi connectivity index (χ3n) is 3.82. The second-order valence-electron chi connectivity index (χ2n) is 5.66. The van der Waals surface area contributed by atoms with E-state index >= 15 is 0 Å². The lowest BCUT2D eigenvalue weighted by Gasteiger charge is -2.34. The van der Waals surface area contributed by atoms with E-state index in [-0.39, 0.29) is 13.2 Å². The molecule has 1 atom stereocenters. The zero-order chi connectivity index (χ0) is 15.3. The van der Waals surface area contributed by atoms with E-state index in [1.165, 1.54) is 4.31 Å². The largest absolute Gasteiger partial charge is 0.395 e. The van der Waals surface area contributed by atoms with Gasteiger partial charge < -0.3 is 5.11 Å². The van der Waals surface area contributed by atoms with Crippen molar-refractivity contribution < 1.29 is 13.5 Å². The van der Waals surface area contributed by atoms with Gasteiger partial charge in [0, 0.05) is 26.2 Å². The molecule has 0 radical (unpaired) electrons. The summed E-state index contributed by atoms with van der Waals surface area (Å²) < 4.78 is 28.5. The van der Waals surface area contributed by atoms with Gasteiger partial charge in [0.25, 0.3) is 10.2 Å². The van der Waals surface area contributed by atoms with Crippen LogP contribution in [0.3, 0.4) is 0 Å². The van der Waals surface area contributed by atoms with Gasteiger partial charge in [-0.05, 0) is 24.3 Å². The molecule has 5 nitrogen and oxygen atoms in total. The van der Waals surface area contributed by atoms with Gasteiger partial charge in [0.15, 0.2) is 0 Å². The first-order valence-corrected chi connectivity index (χ1v) is 8.83. The Morgan fingerprint density at radius 1 is 1.33 bits per heavy atom. The Bertz CT molecular complexity index is 533. The molecule has 1 saturated heterocycles. The van der Waals surface area contributed by atoms with E-state index in [0.717, 1.165) is 18.4 Å². The highest BCUT2D eigenvalue weighted by molar-refractivity contribution is 7.86. The Morgan fingerprint density at radius 2 is 2.05 bits per heavy atom. The van der Waals surface area contributed by atoms with Gasteiger partial charge >= 0.3 is 0 Å². The van der Waals surface area contributed by atoms with Crippen molar-refractivity contribution in [1.29, 1.82) is 0 Å². The van der Waals surface area contributed by atoms with Crippen LogP contribution in [0.2, 0.25) is 0 Å². The Morgan fingerprint density at radius 3 is 2.67 bits per heavy atom. The SMILES string of the molecule is CC1CCCN(S(=O)(=O)N(CCO)Cc2ccccc2)C1. The first-order valence-electron chi connectivity index (χ1n) is 7.44. The predicted molar refractivity (Wildman–Crippen MR) is 82.8 cm³/mol. The van der Waals surface area contributed by atoms with Crippen molar-refractivity contribution in [3.63, 3.8) is 0 Å². The molecule has 1 aliphatic heterocycles. The predicted octanol–water partition coefficient (Wildman–Crippen LogP) is 1.46. The molecule has 1 aromatic rings. The maximum Gasteiger partial charge on any atom is 0.282 e. The number of nitrogens with zero attached hydrogens (tertiary/aromatic N) is 2. The van der Waals surface area contributed by atoms with E-state index in [2.05, 4.69) is 6.92 Å². The van der Waals surface area contributed by atoms with Crippen LogP contribution in [-0.4, -0.2) is 48.4 Å². The molecular formula is C15H24N2O3S. The lowest BCUT2D eigenvalue weighted by atomic mass is 10.0. The van der Waals surface area contributed by atoms with E-state index in [1.807, 2.05) is 30.3 Å². The first kappa shape index (κ1) is 16.4. The summed E-state index contributed by atoms with van der Waals surface area (Å²) in [6.07, 6.45) is 1.98. The topological polar surface area (TPSA) is 60.9 Å². The number of rotatable bonds is 6. The van der Waals surface area contributed by atoms with Crippen LogP contribution < -0.4 is 0 Å². The summed E-state index contributed by atoms with van der Waals surface area (Å²) in [4.78, 5) is 0. The number of aliphatic hydroxyl groups excluding tert-OH is 1. The van der Waals surface area contributed by atoms with Crippen LogP contribution in [0.1, 0.15) is 25.3 Å². The van der Waals surface area contributed by atoms with Gasteiger partial charge in [0.2, 0.25) is 0 Å². The average Bonchev–Trinajstić information content (AvgIpc) is 2.48. The number of piperidine rings is 1. The van der Waals surface area contributed by atoms with E-state index in [0.29, 0.717) is 25.6 Å². The number of hydrogen-bond donors (Lipinski definition) is 1. The van der Waals surface area contributed by atoms with Gasteiger partial charge in [0.05, 0.1) is 6.61 Å². The smallest absolute Gasteiger partial charge is 0.282 e. The molecule has 1 aliphatic rings. The highest BCUT2D eigenvalue weighted by Gasteiger charge is 2.32. The molecule has 2 rings (SSSR count). The van der Waals surface area contributed by atoms with Crippen LogP contribution in [-0.2, 0) is 16.8 Å². The minimum absolute atomic E-state index is 0.127. The van der Waals surface area contributed by atoms with Gasteiger partial charge in [0.1, 0.15) is 0 Å². The molecule has 6 heteroatoms.